The Kier molecular flexibility index (Phi) is 9.41. The van der Waals surface area contributed by atoms with Gasteiger partial charge in [-0.1, -0.05) is 54.1 Å². The van der Waals surface area contributed by atoms with E-state index in [1.807, 2.05) is 52.0 Å². The van der Waals surface area contributed by atoms with Crippen LogP contribution >= 0.6 is 11.6 Å². The van der Waals surface area contributed by atoms with E-state index in [9.17, 15) is 10.2 Å². The van der Waals surface area contributed by atoms with Gasteiger partial charge in [0.05, 0.1) is 40.9 Å². The first-order chi connectivity index (χ1) is 23.8. The summed E-state index contributed by atoms with van der Waals surface area (Å²) in [6.07, 6.45) is 4.01. The lowest BCUT2D eigenvalue weighted by molar-refractivity contribution is -0.0654. The van der Waals surface area contributed by atoms with Gasteiger partial charge in [-0.2, -0.15) is 0 Å². The monoisotopic (exact) mass is 697 g/mol. The van der Waals surface area contributed by atoms with Gasteiger partial charge >= 0.3 is 0 Å². The number of ether oxygens (including phenoxy) is 2. The molecular formula is C40H48ClN5O4. The van der Waals surface area contributed by atoms with Crippen LogP contribution in [-0.4, -0.2) is 85.6 Å². The first kappa shape index (κ1) is 34.8. The van der Waals surface area contributed by atoms with Crippen molar-refractivity contribution in [3.05, 3.63) is 76.6 Å². The Bertz CT molecular complexity index is 1870. The number of aliphatic hydroxyl groups is 2. The molecule has 0 atom stereocenters. The molecule has 7 rings (SSSR count). The van der Waals surface area contributed by atoms with Crippen molar-refractivity contribution < 1.29 is 19.7 Å². The van der Waals surface area contributed by atoms with Gasteiger partial charge in [0.25, 0.3) is 0 Å². The first-order valence-electron chi connectivity index (χ1n) is 17.6. The minimum absolute atomic E-state index is 0.175. The second kappa shape index (κ2) is 13.5. The fourth-order valence-electron chi connectivity index (χ4n) is 6.88. The number of rotatable bonds is 12. The molecule has 0 spiro atoms. The first-order valence-corrected chi connectivity index (χ1v) is 18.0. The Labute approximate surface area is 300 Å². The van der Waals surface area contributed by atoms with Gasteiger partial charge in [-0.05, 0) is 64.7 Å². The predicted molar refractivity (Wildman–Crippen MR) is 196 cm³/mol. The summed E-state index contributed by atoms with van der Waals surface area (Å²) in [5, 5.41) is 21.3. The number of benzene rings is 2. The number of hydrogen-bond donors (Lipinski definition) is 2. The van der Waals surface area contributed by atoms with Gasteiger partial charge in [-0.25, -0.2) is 9.97 Å². The highest BCUT2D eigenvalue weighted by molar-refractivity contribution is 6.36. The SMILES string of the molecule is COc1nc(-c2cccc(-c3cccc(-c4cnc(CN5CC(C(C)(C)O)C5)c(OC5CC5)n4)c3Cl)c2C)ccc1CN1CC(C(C)(C)O)C1. The molecular weight excluding hydrogens is 650 g/mol. The lowest BCUT2D eigenvalue weighted by Crippen LogP contribution is -2.55. The van der Waals surface area contributed by atoms with Crippen LogP contribution in [0, 0.1) is 18.8 Å². The zero-order chi connectivity index (χ0) is 35.4. The minimum atomic E-state index is -0.690. The van der Waals surface area contributed by atoms with E-state index in [4.69, 9.17) is 36.0 Å². The maximum absolute atomic E-state index is 10.4. The molecule has 264 valence electrons. The molecule has 4 aromatic rings. The van der Waals surface area contributed by atoms with E-state index in [1.54, 1.807) is 13.3 Å². The minimum Gasteiger partial charge on any atom is -0.481 e. The summed E-state index contributed by atoms with van der Waals surface area (Å²) in [5.74, 6) is 1.68. The second-order valence-corrected chi connectivity index (χ2v) is 15.8. The topological polar surface area (TPSA) is 104 Å². The van der Waals surface area contributed by atoms with Crippen molar-refractivity contribution in [1.82, 2.24) is 24.8 Å². The largest absolute Gasteiger partial charge is 0.481 e. The van der Waals surface area contributed by atoms with Crippen molar-refractivity contribution in [3.8, 4) is 45.4 Å². The van der Waals surface area contributed by atoms with Crippen molar-refractivity contribution in [2.75, 3.05) is 33.3 Å². The van der Waals surface area contributed by atoms with Crippen LogP contribution in [0.4, 0.5) is 0 Å². The number of nitrogens with zero attached hydrogens (tertiary/aromatic N) is 5. The molecule has 0 radical (unpaired) electrons. The van der Waals surface area contributed by atoms with E-state index in [0.717, 1.165) is 90.3 Å². The Balaban J connectivity index is 1.13. The highest BCUT2D eigenvalue weighted by Crippen LogP contribution is 2.41. The van der Waals surface area contributed by atoms with Gasteiger partial charge in [0, 0.05) is 73.4 Å². The summed E-state index contributed by atoms with van der Waals surface area (Å²) < 4.78 is 12.0. The fraction of sp³-hybridized carbons (Fsp3) is 0.475. The molecule has 0 unspecified atom stereocenters. The molecule has 9 nitrogen and oxygen atoms in total. The van der Waals surface area contributed by atoms with E-state index in [0.29, 0.717) is 29.0 Å². The fourth-order valence-corrected chi connectivity index (χ4v) is 7.20. The molecule has 50 heavy (non-hydrogen) atoms. The summed E-state index contributed by atoms with van der Waals surface area (Å²) >= 11 is 7.21. The molecule has 2 aromatic carbocycles. The van der Waals surface area contributed by atoms with E-state index in [1.165, 1.54) is 0 Å². The third kappa shape index (κ3) is 7.25. The second-order valence-electron chi connectivity index (χ2n) is 15.4. The third-order valence-corrected chi connectivity index (χ3v) is 11.0. The van der Waals surface area contributed by atoms with Crippen LogP contribution < -0.4 is 9.47 Å². The van der Waals surface area contributed by atoms with Crippen LogP contribution in [0.1, 0.15) is 57.4 Å². The molecule has 3 fully saturated rings. The lowest BCUT2D eigenvalue weighted by atomic mass is 9.84. The van der Waals surface area contributed by atoms with Gasteiger partial charge in [0.2, 0.25) is 11.8 Å². The highest BCUT2D eigenvalue weighted by atomic mass is 35.5. The highest BCUT2D eigenvalue weighted by Gasteiger charge is 2.39. The predicted octanol–water partition coefficient (Wildman–Crippen LogP) is 6.79. The zero-order valence-electron chi connectivity index (χ0n) is 29.9. The summed E-state index contributed by atoms with van der Waals surface area (Å²) in [4.78, 5) is 19.3. The average Bonchev–Trinajstić information content (AvgIpc) is 3.84. The summed E-state index contributed by atoms with van der Waals surface area (Å²) in [7, 11) is 1.66. The molecule has 2 aliphatic heterocycles. The van der Waals surface area contributed by atoms with Gasteiger partial charge in [0.1, 0.15) is 11.8 Å². The van der Waals surface area contributed by atoms with Gasteiger partial charge < -0.3 is 19.7 Å². The van der Waals surface area contributed by atoms with Gasteiger partial charge in [-0.3, -0.25) is 14.8 Å². The summed E-state index contributed by atoms with van der Waals surface area (Å²) in [6, 6.07) is 16.4. The number of pyridine rings is 1. The molecule has 2 saturated heterocycles. The van der Waals surface area contributed by atoms with Crippen LogP contribution in [0.25, 0.3) is 33.6 Å². The molecule has 1 aliphatic carbocycles. The third-order valence-electron chi connectivity index (χ3n) is 10.6. The lowest BCUT2D eigenvalue weighted by Gasteiger charge is -2.45. The maximum Gasteiger partial charge on any atom is 0.237 e. The number of halogens is 1. The Morgan fingerprint density at radius 1 is 0.760 bits per heavy atom. The van der Waals surface area contributed by atoms with Crippen molar-refractivity contribution in [1.29, 1.82) is 0 Å². The van der Waals surface area contributed by atoms with Crippen molar-refractivity contribution in [2.24, 2.45) is 11.8 Å². The van der Waals surface area contributed by atoms with E-state index < -0.39 is 11.2 Å². The summed E-state index contributed by atoms with van der Waals surface area (Å²) in [6.45, 7) is 14.3. The Morgan fingerprint density at radius 2 is 1.34 bits per heavy atom. The van der Waals surface area contributed by atoms with Crippen molar-refractivity contribution in [3.63, 3.8) is 0 Å². The molecule has 3 aliphatic rings. The van der Waals surface area contributed by atoms with Crippen molar-refractivity contribution in [2.45, 2.75) is 77.9 Å². The Hall–Kier alpha value is -3.60. The van der Waals surface area contributed by atoms with E-state index in [2.05, 4.69) is 41.0 Å². The molecule has 0 bridgehead atoms. The molecule has 1 saturated carbocycles. The number of methoxy groups -OCH3 is 1. The van der Waals surface area contributed by atoms with Crippen LogP contribution in [0.2, 0.25) is 5.02 Å². The van der Waals surface area contributed by atoms with Crippen LogP contribution in [-0.2, 0) is 13.1 Å². The standard InChI is InChI=1S/C40H48ClN5O4/c1-24-29(9-7-10-30(24)33-16-13-25(37(43-33)49-6)18-45-19-26(20-45)39(2,3)47)31-11-8-12-32(36(31)41)34-17-42-35(38(44-34)50-28-14-15-28)23-46-21-27(22-46)40(4,5)48/h7-13,16-17,26-28,47-48H,14-15,18-23H2,1-6H3. The zero-order valence-corrected chi connectivity index (χ0v) is 30.7. The smallest absolute Gasteiger partial charge is 0.237 e. The quantitative estimate of drug-likeness (QED) is 0.166. The van der Waals surface area contributed by atoms with E-state index in [-0.39, 0.29) is 17.9 Å². The maximum atomic E-state index is 10.4. The molecule has 2 N–H and O–H groups in total. The average molecular weight is 698 g/mol. The van der Waals surface area contributed by atoms with Gasteiger partial charge in [-0.15, -0.1) is 0 Å². The van der Waals surface area contributed by atoms with Crippen LogP contribution in [0.5, 0.6) is 11.8 Å². The van der Waals surface area contributed by atoms with Crippen LogP contribution in [0.3, 0.4) is 0 Å². The Morgan fingerprint density at radius 3 is 1.96 bits per heavy atom. The van der Waals surface area contributed by atoms with Gasteiger partial charge in [0.15, 0.2) is 0 Å². The number of hydrogen-bond acceptors (Lipinski definition) is 9. The van der Waals surface area contributed by atoms with Crippen LogP contribution in [0.15, 0.2) is 54.7 Å². The molecule has 4 heterocycles. The normalized spacial score (nSPS) is 17.8. The van der Waals surface area contributed by atoms with Crippen molar-refractivity contribution >= 4 is 11.6 Å². The van der Waals surface area contributed by atoms with E-state index >= 15 is 0 Å². The molecule has 10 heteroatoms. The number of likely N-dealkylation sites (tertiary alicyclic amines) is 2. The summed E-state index contributed by atoms with van der Waals surface area (Å²) in [5.41, 5.74) is 6.73. The number of aromatic nitrogens is 3. The molecule has 0 amide bonds. The molecule has 2 aromatic heterocycles.